The number of rotatable bonds is 6. The van der Waals surface area contributed by atoms with E-state index >= 15 is 0 Å². The highest BCUT2D eigenvalue weighted by Gasteiger charge is 2.28. The summed E-state index contributed by atoms with van der Waals surface area (Å²) >= 11 is 5.95. The van der Waals surface area contributed by atoms with Gasteiger partial charge in [-0.2, -0.15) is 0 Å². The molecule has 0 aromatic heterocycles. The van der Waals surface area contributed by atoms with Crippen LogP contribution in [0.25, 0.3) is 11.6 Å². The van der Waals surface area contributed by atoms with E-state index in [4.69, 9.17) is 16.3 Å². The van der Waals surface area contributed by atoms with Gasteiger partial charge in [-0.05, 0) is 49.1 Å². The van der Waals surface area contributed by atoms with Crippen molar-refractivity contribution in [1.29, 1.82) is 0 Å². The van der Waals surface area contributed by atoms with Crippen molar-refractivity contribution in [2.75, 3.05) is 0 Å². The molecule has 1 aliphatic carbocycles. The Bertz CT molecular complexity index is 811. The van der Waals surface area contributed by atoms with E-state index in [9.17, 15) is 9.59 Å². The molecule has 5 heteroatoms. The minimum Gasteiger partial charge on any atom is -0.449 e. The molecule has 2 aromatic rings. The van der Waals surface area contributed by atoms with Crippen LogP contribution in [0.5, 0.6) is 0 Å². The molecule has 0 unspecified atom stereocenters. The molecule has 3 rings (SSSR count). The maximum Gasteiger partial charge on any atom is 0.339 e. The molecular formula is C21H20ClNO3. The molecule has 0 radical (unpaired) electrons. The second-order valence-corrected chi connectivity index (χ2v) is 6.74. The number of carbonyl (C=O) groups excluding carboxylic acids is 2. The summed E-state index contributed by atoms with van der Waals surface area (Å²) in [5.74, 6) is -0.814. The van der Waals surface area contributed by atoms with E-state index in [-0.39, 0.29) is 11.9 Å². The predicted molar refractivity (Wildman–Crippen MR) is 102 cm³/mol. The topological polar surface area (TPSA) is 55.4 Å². The Morgan fingerprint density at radius 2 is 1.77 bits per heavy atom. The average Bonchev–Trinajstić information content (AvgIpc) is 3.45. The van der Waals surface area contributed by atoms with Crippen molar-refractivity contribution >= 4 is 35.1 Å². The molecule has 134 valence electrons. The van der Waals surface area contributed by atoms with Gasteiger partial charge >= 0.3 is 5.97 Å². The first-order chi connectivity index (χ1) is 12.5. The first kappa shape index (κ1) is 18.2. The predicted octanol–water partition coefficient (Wildman–Crippen LogP) is 4.09. The Balaban J connectivity index is 1.82. The third-order valence-corrected chi connectivity index (χ3v) is 4.31. The summed E-state index contributed by atoms with van der Waals surface area (Å²) in [5, 5.41) is 3.42. The third kappa shape index (κ3) is 4.96. The van der Waals surface area contributed by atoms with Gasteiger partial charge in [-0.3, -0.25) is 4.79 Å². The fourth-order valence-corrected chi connectivity index (χ4v) is 2.56. The minimum absolute atomic E-state index is 0.222. The van der Waals surface area contributed by atoms with E-state index in [1.54, 1.807) is 37.3 Å². The molecule has 1 aliphatic rings. The Kier molecular flexibility index (Phi) is 5.74. The lowest BCUT2D eigenvalue weighted by molar-refractivity contribution is -0.149. The quantitative estimate of drug-likeness (QED) is 0.474. The Labute approximate surface area is 157 Å². The summed E-state index contributed by atoms with van der Waals surface area (Å²) in [6.45, 7) is 1.58. The first-order valence-corrected chi connectivity index (χ1v) is 8.95. The van der Waals surface area contributed by atoms with E-state index in [1.807, 2.05) is 30.3 Å². The van der Waals surface area contributed by atoms with Crippen LogP contribution in [0.15, 0.2) is 54.6 Å². The molecule has 0 aliphatic heterocycles. The zero-order valence-corrected chi connectivity index (χ0v) is 15.2. The lowest BCUT2D eigenvalue weighted by Crippen LogP contribution is -2.37. The highest BCUT2D eigenvalue weighted by molar-refractivity contribution is 6.30. The molecule has 1 saturated carbocycles. The summed E-state index contributed by atoms with van der Waals surface area (Å²) in [6, 6.07) is 16.6. The Morgan fingerprint density at radius 1 is 1.12 bits per heavy atom. The number of benzene rings is 2. The van der Waals surface area contributed by atoms with Gasteiger partial charge in [0, 0.05) is 11.1 Å². The molecule has 0 heterocycles. The molecule has 0 bridgehead atoms. The van der Waals surface area contributed by atoms with Gasteiger partial charge in [-0.1, -0.05) is 54.1 Å². The SMILES string of the molecule is C[C@@H](OC(=O)/C(=C/c1ccccc1)c1ccc(Cl)cc1)C(=O)NC1CC1. The van der Waals surface area contributed by atoms with Gasteiger partial charge in [-0.25, -0.2) is 4.79 Å². The fourth-order valence-electron chi connectivity index (χ4n) is 2.43. The smallest absolute Gasteiger partial charge is 0.339 e. The van der Waals surface area contributed by atoms with Crippen LogP contribution in [0.2, 0.25) is 5.02 Å². The number of ether oxygens (including phenoxy) is 1. The molecule has 1 amide bonds. The molecule has 1 atom stereocenters. The van der Waals surface area contributed by atoms with Crippen molar-refractivity contribution < 1.29 is 14.3 Å². The van der Waals surface area contributed by atoms with E-state index in [1.165, 1.54) is 0 Å². The van der Waals surface area contributed by atoms with Crippen molar-refractivity contribution in [2.45, 2.75) is 31.9 Å². The van der Waals surface area contributed by atoms with Crippen LogP contribution >= 0.6 is 11.6 Å². The van der Waals surface area contributed by atoms with Gasteiger partial charge in [-0.15, -0.1) is 0 Å². The second-order valence-electron chi connectivity index (χ2n) is 6.31. The van der Waals surface area contributed by atoms with Crippen molar-refractivity contribution in [3.63, 3.8) is 0 Å². The van der Waals surface area contributed by atoms with E-state index in [0.717, 1.165) is 18.4 Å². The minimum atomic E-state index is -0.852. The van der Waals surface area contributed by atoms with Crippen molar-refractivity contribution in [3.05, 3.63) is 70.7 Å². The third-order valence-electron chi connectivity index (χ3n) is 4.06. The lowest BCUT2D eigenvalue weighted by atomic mass is 10.0. The Morgan fingerprint density at radius 3 is 2.38 bits per heavy atom. The summed E-state index contributed by atoms with van der Waals surface area (Å²) in [5.41, 5.74) is 1.92. The fraction of sp³-hybridized carbons (Fsp3) is 0.238. The normalized spacial score (nSPS) is 15.2. The number of amides is 1. The molecular weight excluding hydrogens is 350 g/mol. The van der Waals surface area contributed by atoms with Gasteiger partial charge < -0.3 is 10.1 Å². The van der Waals surface area contributed by atoms with Crippen LogP contribution in [-0.4, -0.2) is 24.0 Å². The highest BCUT2D eigenvalue weighted by atomic mass is 35.5. The number of halogens is 1. The highest BCUT2D eigenvalue weighted by Crippen LogP contribution is 2.23. The number of carbonyl (C=O) groups is 2. The molecule has 1 N–H and O–H groups in total. The second kappa shape index (κ2) is 8.19. The van der Waals surface area contributed by atoms with E-state index < -0.39 is 12.1 Å². The Hall–Kier alpha value is -2.59. The van der Waals surface area contributed by atoms with Crippen LogP contribution in [-0.2, 0) is 14.3 Å². The van der Waals surface area contributed by atoms with Crippen molar-refractivity contribution in [3.8, 4) is 0 Å². The van der Waals surface area contributed by atoms with Crippen LogP contribution < -0.4 is 5.32 Å². The first-order valence-electron chi connectivity index (χ1n) is 8.57. The van der Waals surface area contributed by atoms with Crippen LogP contribution in [0.4, 0.5) is 0 Å². The summed E-state index contributed by atoms with van der Waals surface area (Å²) in [7, 11) is 0. The molecule has 0 saturated heterocycles. The average molecular weight is 370 g/mol. The molecule has 1 fully saturated rings. The lowest BCUT2D eigenvalue weighted by Gasteiger charge is -2.15. The van der Waals surface area contributed by atoms with E-state index in [0.29, 0.717) is 16.2 Å². The van der Waals surface area contributed by atoms with Crippen LogP contribution in [0, 0.1) is 0 Å². The van der Waals surface area contributed by atoms with Crippen molar-refractivity contribution in [2.24, 2.45) is 0 Å². The summed E-state index contributed by atoms with van der Waals surface area (Å²) in [4.78, 5) is 24.8. The van der Waals surface area contributed by atoms with Gasteiger partial charge in [0.05, 0.1) is 5.57 Å². The van der Waals surface area contributed by atoms with Crippen LogP contribution in [0.3, 0.4) is 0 Å². The maximum absolute atomic E-state index is 12.7. The van der Waals surface area contributed by atoms with Gasteiger partial charge in [0.25, 0.3) is 5.91 Å². The summed E-state index contributed by atoms with van der Waals surface area (Å²) < 4.78 is 5.41. The number of hydrogen-bond acceptors (Lipinski definition) is 3. The monoisotopic (exact) mass is 369 g/mol. The molecule has 4 nitrogen and oxygen atoms in total. The summed E-state index contributed by atoms with van der Waals surface area (Å²) in [6.07, 6.45) is 2.86. The zero-order chi connectivity index (χ0) is 18.5. The standard InChI is InChI=1S/C21H20ClNO3/c1-14(20(24)23-18-11-12-18)26-21(25)19(13-15-5-3-2-4-6-15)16-7-9-17(22)10-8-16/h2-10,13-14,18H,11-12H2,1H3,(H,23,24)/b19-13+/t14-/m1/s1. The largest absolute Gasteiger partial charge is 0.449 e. The maximum atomic E-state index is 12.7. The molecule has 26 heavy (non-hydrogen) atoms. The van der Waals surface area contributed by atoms with Gasteiger partial charge in [0.15, 0.2) is 6.10 Å². The molecule has 2 aromatic carbocycles. The number of nitrogens with one attached hydrogen (secondary N) is 1. The van der Waals surface area contributed by atoms with Gasteiger partial charge in [0.1, 0.15) is 0 Å². The number of hydrogen-bond donors (Lipinski definition) is 1. The van der Waals surface area contributed by atoms with Crippen molar-refractivity contribution in [1.82, 2.24) is 5.32 Å². The van der Waals surface area contributed by atoms with Gasteiger partial charge in [0.2, 0.25) is 0 Å². The van der Waals surface area contributed by atoms with Crippen LogP contribution in [0.1, 0.15) is 30.9 Å². The zero-order valence-electron chi connectivity index (χ0n) is 14.4. The number of esters is 1. The van der Waals surface area contributed by atoms with E-state index in [2.05, 4.69) is 5.32 Å². The molecule has 0 spiro atoms.